The Hall–Kier alpha value is -1.48. The van der Waals surface area contributed by atoms with E-state index in [0.717, 1.165) is 17.5 Å². The molecule has 0 aliphatic rings. The van der Waals surface area contributed by atoms with Gasteiger partial charge in [-0.3, -0.25) is 4.79 Å². The van der Waals surface area contributed by atoms with Crippen molar-refractivity contribution in [3.63, 3.8) is 0 Å². The van der Waals surface area contributed by atoms with E-state index < -0.39 is 0 Å². The van der Waals surface area contributed by atoms with Gasteiger partial charge in [0.15, 0.2) is 0 Å². The third-order valence-corrected chi connectivity index (χ3v) is 2.67. The summed E-state index contributed by atoms with van der Waals surface area (Å²) >= 11 is 5.98. The lowest BCUT2D eigenvalue weighted by Crippen LogP contribution is -2.20. The highest BCUT2D eigenvalue weighted by Crippen LogP contribution is 2.24. The van der Waals surface area contributed by atoms with E-state index in [1.807, 2.05) is 31.2 Å². The molecule has 0 atom stereocenters. The van der Waals surface area contributed by atoms with Gasteiger partial charge in [-0.2, -0.15) is 0 Å². The molecule has 1 amide bonds. The number of hydrogen-bond acceptors (Lipinski definition) is 2. The van der Waals surface area contributed by atoms with E-state index in [0.29, 0.717) is 17.3 Å². The lowest BCUT2D eigenvalue weighted by atomic mass is 10.1. The Bertz CT molecular complexity index is 418. The summed E-state index contributed by atoms with van der Waals surface area (Å²) in [4.78, 5) is 10.6. The maximum atomic E-state index is 10.6. The summed E-state index contributed by atoms with van der Waals surface area (Å²) in [6, 6.07) is 3.81. The molecule has 1 aromatic rings. The van der Waals surface area contributed by atoms with Gasteiger partial charge in [0.1, 0.15) is 0 Å². The van der Waals surface area contributed by atoms with Crippen molar-refractivity contribution >= 4 is 29.3 Å². The van der Waals surface area contributed by atoms with Crippen molar-refractivity contribution in [3.05, 3.63) is 34.4 Å². The van der Waals surface area contributed by atoms with Gasteiger partial charge >= 0.3 is 0 Å². The van der Waals surface area contributed by atoms with Crippen LogP contribution in [-0.4, -0.2) is 12.5 Å². The van der Waals surface area contributed by atoms with Crippen molar-refractivity contribution in [2.24, 2.45) is 0 Å². The first-order valence-electron chi connectivity index (χ1n) is 5.47. The van der Waals surface area contributed by atoms with Crippen molar-refractivity contribution in [2.45, 2.75) is 20.3 Å². The highest BCUT2D eigenvalue weighted by Gasteiger charge is 2.00. The lowest BCUT2D eigenvalue weighted by molar-refractivity contribution is -0.118. The highest BCUT2D eigenvalue weighted by atomic mass is 35.5. The zero-order chi connectivity index (χ0) is 12.8. The minimum atomic E-state index is -0.00947. The van der Waals surface area contributed by atoms with E-state index in [4.69, 9.17) is 17.3 Å². The van der Waals surface area contributed by atoms with Gasteiger partial charge < -0.3 is 11.1 Å². The zero-order valence-electron chi connectivity index (χ0n) is 10.1. The van der Waals surface area contributed by atoms with E-state index >= 15 is 0 Å². The van der Waals surface area contributed by atoms with E-state index in [1.54, 1.807) is 0 Å². The SMILES string of the molecule is CC(=O)NCCC=Cc1cc(C)c(N)c(Cl)c1. The van der Waals surface area contributed by atoms with Gasteiger partial charge in [0.05, 0.1) is 10.7 Å². The Morgan fingerprint density at radius 1 is 1.53 bits per heavy atom. The number of nitrogens with two attached hydrogens (primary N) is 1. The van der Waals surface area contributed by atoms with Crippen LogP contribution in [0.5, 0.6) is 0 Å². The Morgan fingerprint density at radius 2 is 2.24 bits per heavy atom. The number of nitrogen functional groups attached to an aromatic ring is 1. The normalized spacial score (nSPS) is 10.8. The van der Waals surface area contributed by atoms with Crippen LogP contribution in [0.1, 0.15) is 24.5 Å². The number of carbonyl (C=O) groups excluding carboxylic acids is 1. The molecule has 0 radical (unpaired) electrons. The summed E-state index contributed by atoms with van der Waals surface area (Å²) in [5.74, 6) is -0.00947. The van der Waals surface area contributed by atoms with Crippen LogP contribution in [0.2, 0.25) is 5.02 Å². The van der Waals surface area contributed by atoms with Gasteiger partial charge in [-0.25, -0.2) is 0 Å². The van der Waals surface area contributed by atoms with E-state index in [1.165, 1.54) is 6.92 Å². The van der Waals surface area contributed by atoms with Crippen LogP contribution in [0, 0.1) is 6.92 Å². The topological polar surface area (TPSA) is 55.1 Å². The van der Waals surface area contributed by atoms with Gasteiger partial charge in [0.2, 0.25) is 5.91 Å². The van der Waals surface area contributed by atoms with Gasteiger partial charge in [-0.15, -0.1) is 0 Å². The molecule has 17 heavy (non-hydrogen) atoms. The predicted octanol–water partition coefficient (Wildman–Crippen LogP) is 2.77. The quantitative estimate of drug-likeness (QED) is 0.640. The summed E-state index contributed by atoms with van der Waals surface area (Å²) in [6.45, 7) is 4.08. The number of anilines is 1. The second-order valence-electron chi connectivity index (χ2n) is 3.91. The average molecular weight is 253 g/mol. The fourth-order valence-electron chi connectivity index (χ4n) is 1.43. The molecule has 0 aliphatic heterocycles. The molecule has 0 heterocycles. The summed E-state index contributed by atoms with van der Waals surface area (Å²) in [5, 5.41) is 3.30. The number of carbonyl (C=O) groups is 1. The molecule has 0 bridgehead atoms. The summed E-state index contributed by atoms with van der Waals surface area (Å²) in [7, 11) is 0. The zero-order valence-corrected chi connectivity index (χ0v) is 10.8. The minimum absolute atomic E-state index is 0.00947. The fourth-order valence-corrected chi connectivity index (χ4v) is 1.70. The van der Waals surface area contributed by atoms with Crippen LogP contribution < -0.4 is 11.1 Å². The van der Waals surface area contributed by atoms with Crippen molar-refractivity contribution in [1.29, 1.82) is 0 Å². The molecule has 0 spiro atoms. The van der Waals surface area contributed by atoms with Crippen molar-refractivity contribution < 1.29 is 4.79 Å². The second-order valence-corrected chi connectivity index (χ2v) is 4.31. The van der Waals surface area contributed by atoms with Crippen molar-refractivity contribution in [2.75, 3.05) is 12.3 Å². The molecule has 3 N–H and O–H groups in total. The van der Waals surface area contributed by atoms with Gasteiger partial charge in [0.25, 0.3) is 0 Å². The summed E-state index contributed by atoms with van der Waals surface area (Å²) in [5.41, 5.74) is 8.37. The van der Waals surface area contributed by atoms with E-state index in [-0.39, 0.29) is 5.91 Å². The van der Waals surface area contributed by atoms with Crippen molar-refractivity contribution in [1.82, 2.24) is 5.32 Å². The first-order chi connectivity index (χ1) is 8.00. The van der Waals surface area contributed by atoms with E-state index in [9.17, 15) is 4.79 Å². The largest absolute Gasteiger partial charge is 0.397 e. The second kappa shape index (κ2) is 6.30. The average Bonchev–Trinajstić information content (AvgIpc) is 2.25. The number of amides is 1. The Morgan fingerprint density at radius 3 is 2.82 bits per heavy atom. The Labute approximate surface area is 107 Å². The van der Waals surface area contributed by atoms with Gasteiger partial charge in [0, 0.05) is 13.5 Å². The highest BCUT2D eigenvalue weighted by molar-refractivity contribution is 6.33. The number of aryl methyl sites for hydroxylation is 1. The molecule has 92 valence electrons. The van der Waals surface area contributed by atoms with E-state index in [2.05, 4.69) is 5.32 Å². The number of rotatable bonds is 4. The molecule has 0 unspecified atom stereocenters. The fraction of sp³-hybridized carbons (Fsp3) is 0.308. The van der Waals surface area contributed by atoms with Crippen LogP contribution in [0.3, 0.4) is 0 Å². The van der Waals surface area contributed by atoms with Crippen molar-refractivity contribution in [3.8, 4) is 0 Å². The molecule has 0 aliphatic carbocycles. The monoisotopic (exact) mass is 252 g/mol. The first kappa shape index (κ1) is 13.6. The minimum Gasteiger partial charge on any atom is -0.397 e. The standard InChI is InChI=1S/C13H17ClN2O/c1-9-7-11(8-12(14)13(9)15)5-3-4-6-16-10(2)17/h3,5,7-8H,4,6,15H2,1-2H3,(H,16,17). The molecule has 4 heteroatoms. The molecule has 0 saturated carbocycles. The molecule has 0 aromatic heterocycles. The predicted molar refractivity (Wildman–Crippen MR) is 72.9 cm³/mol. The summed E-state index contributed by atoms with van der Waals surface area (Å²) in [6.07, 6.45) is 4.76. The first-order valence-corrected chi connectivity index (χ1v) is 5.85. The van der Waals surface area contributed by atoms with Crippen LogP contribution in [0.15, 0.2) is 18.2 Å². The number of nitrogens with one attached hydrogen (secondary N) is 1. The molecule has 3 nitrogen and oxygen atoms in total. The third kappa shape index (κ3) is 4.49. The van der Waals surface area contributed by atoms with Gasteiger partial charge in [-0.1, -0.05) is 23.8 Å². The van der Waals surface area contributed by atoms with Crippen LogP contribution in [0.25, 0.3) is 6.08 Å². The maximum Gasteiger partial charge on any atom is 0.216 e. The number of benzene rings is 1. The summed E-state index contributed by atoms with van der Waals surface area (Å²) < 4.78 is 0. The smallest absolute Gasteiger partial charge is 0.216 e. The molecule has 0 fully saturated rings. The lowest BCUT2D eigenvalue weighted by Gasteiger charge is -2.04. The van der Waals surface area contributed by atoms with Gasteiger partial charge in [-0.05, 0) is 36.6 Å². The Balaban J connectivity index is 2.57. The maximum absolute atomic E-state index is 10.6. The number of hydrogen-bond donors (Lipinski definition) is 2. The van der Waals surface area contributed by atoms with Crippen LogP contribution >= 0.6 is 11.6 Å². The molecular weight excluding hydrogens is 236 g/mol. The molecule has 1 rings (SSSR count). The van der Waals surface area contributed by atoms with Crippen LogP contribution in [0.4, 0.5) is 5.69 Å². The number of halogens is 1. The Kier molecular flexibility index (Phi) is 5.04. The molecular formula is C13H17ClN2O. The van der Waals surface area contributed by atoms with Crippen LogP contribution in [-0.2, 0) is 4.79 Å². The third-order valence-electron chi connectivity index (χ3n) is 2.35. The molecule has 1 aromatic carbocycles. The molecule has 0 saturated heterocycles.